The number of benzene rings is 1. The summed E-state index contributed by atoms with van der Waals surface area (Å²) >= 11 is 0. The molecule has 21 heavy (non-hydrogen) atoms. The molecule has 0 bridgehead atoms. The third-order valence-electron chi connectivity index (χ3n) is 3.80. The van der Waals surface area contributed by atoms with E-state index in [1.165, 1.54) is 0 Å². The number of piperidine rings is 1. The van der Waals surface area contributed by atoms with Gasteiger partial charge in [-0.05, 0) is 50.5 Å². The van der Waals surface area contributed by atoms with E-state index in [1.54, 1.807) is 12.1 Å². The molecule has 1 aromatic rings. The Morgan fingerprint density at radius 1 is 1.24 bits per heavy atom. The predicted octanol–water partition coefficient (Wildman–Crippen LogP) is 2.60. The number of rotatable bonds is 3. The Morgan fingerprint density at radius 2 is 1.86 bits per heavy atom. The number of likely N-dealkylation sites (tertiary alicyclic amines) is 1. The second-order valence-corrected chi connectivity index (χ2v) is 5.47. The minimum absolute atomic E-state index is 0.0851. The van der Waals surface area contributed by atoms with Gasteiger partial charge in [0.25, 0.3) is 0 Å². The highest BCUT2D eigenvalue weighted by molar-refractivity contribution is 5.73. The molecule has 4 nitrogen and oxygen atoms in total. The predicted molar refractivity (Wildman–Crippen MR) is 76.3 cm³/mol. The van der Waals surface area contributed by atoms with Gasteiger partial charge in [0.1, 0.15) is 5.75 Å². The molecule has 0 aromatic heterocycles. The van der Waals surface area contributed by atoms with E-state index >= 15 is 0 Å². The van der Waals surface area contributed by atoms with E-state index in [0.29, 0.717) is 0 Å². The SMILES string of the molecule is CN1CCC(c2ccc(N)c(N)c2OCC(F)(F)F)CC1. The summed E-state index contributed by atoms with van der Waals surface area (Å²) in [6, 6.07) is 3.36. The lowest BCUT2D eigenvalue weighted by molar-refractivity contribution is -0.153. The molecule has 1 aromatic carbocycles. The third-order valence-corrected chi connectivity index (χ3v) is 3.80. The number of nitrogen functional groups attached to an aromatic ring is 2. The van der Waals surface area contributed by atoms with Crippen molar-refractivity contribution < 1.29 is 17.9 Å². The van der Waals surface area contributed by atoms with E-state index in [2.05, 4.69) is 4.90 Å². The van der Waals surface area contributed by atoms with Gasteiger partial charge in [-0.2, -0.15) is 13.2 Å². The van der Waals surface area contributed by atoms with Crippen LogP contribution in [-0.4, -0.2) is 37.8 Å². The summed E-state index contributed by atoms with van der Waals surface area (Å²) in [6.07, 6.45) is -2.68. The molecule has 4 N–H and O–H groups in total. The van der Waals surface area contributed by atoms with Crippen molar-refractivity contribution in [3.8, 4) is 5.75 Å². The molecule has 0 radical (unpaired) electrons. The summed E-state index contributed by atoms with van der Waals surface area (Å²) in [5.41, 5.74) is 12.6. The number of nitrogens with two attached hydrogens (primary N) is 2. The van der Waals surface area contributed by atoms with Crippen molar-refractivity contribution in [2.75, 3.05) is 38.2 Å². The Morgan fingerprint density at radius 3 is 2.43 bits per heavy atom. The summed E-state index contributed by atoms with van der Waals surface area (Å²) < 4.78 is 42.1. The molecule has 0 atom stereocenters. The molecule has 1 aliphatic heterocycles. The minimum Gasteiger partial charge on any atom is -0.482 e. The van der Waals surface area contributed by atoms with Gasteiger partial charge in [-0.25, -0.2) is 0 Å². The standard InChI is InChI=1S/C14H20F3N3O/c1-20-6-4-9(5-7-20)10-2-3-11(18)12(19)13(10)21-8-14(15,16)17/h2-3,9H,4-8,18-19H2,1H3. The fourth-order valence-electron chi connectivity index (χ4n) is 2.59. The van der Waals surface area contributed by atoms with E-state index in [4.69, 9.17) is 16.2 Å². The average Bonchev–Trinajstić information content (AvgIpc) is 2.40. The Balaban J connectivity index is 2.25. The van der Waals surface area contributed by atoms with Crippen LogP contribution in [0.25, 0.3) is 0 Å². The summed E-state index contributed by atoms with van der Waals surface area (Å²) in [6.45, 7) is 0.432. The van der Waals surface area contributed by atoms with Gasteiger partial charge >= 0.3 is 6.18 Å². The smallest absolute Gasteiger partial charge is 0.422 e. The number of hydrogen-bond acceptors (Lipinski definition) is 4. The first-order valence-corrected chi connectivity index (χ1v) is 6.84. The Bertz CT molecular complexity index is 497. The molecule has 0 unspecified atom stereocenters. The molecular weight excluding hydrogens is 283 g/mol. The molecule has 1 aliphatic rings. The van der Waals surface area contributed by atoms with E-state index in [0.717, 1.165) is 31.5 Å². The summed E-state index contributed by atoms with van der Waals surface area (Å²) in [7, 11) is 2.02. The normalized spacial score (nSPS) is 17.9. The van der Waals surface area contributed by atoms with Gasteiger partial charge in [0, 0.05) is 0 Å². The number of ether oxygens (including phenoxy) is 1. The quantitative estimate of drug-likeness (QED) is 0.843. The van der Waals surface area contributed by atoms with Gasteiger partial charge in [-0.1, -0.05) is 6.07 Å². The van der Waals surface area contributed by atoms with Crippen LogP contribution in [0.5, 0.6) is 5.75 Å². The Hall–Kier alpha value is -1.63. The summed E-state index contributed by atoms with van der Waals surface area (Å²) in [4.78, 5) is 2.19. The highest BCUT2D eigenvalue weighted by atomic mass is 19.4. The van der Waals surface area contributed by atoms with E-state index in [1.807, 2.05) is 7.05 Å². The summed E-state index contributed by atoms with van der Waals surface area (Å²) in [5.74, 6) is 0.231. The van der Waals surface area contributed by atoms with Gasteiger partial charge in [0.2, 0.25) is 0 Å². The zero-order chi connectivity index (χ0) is 15.6. The van der Waals surface area contributed by atoms with E-state index in [-0.39, 0.29) is 23.0 Å². The van der Waals surface area contributed by atoms with Gasteiger partial charge in [0.15, 0.2) is 6.61 Å². The van der Waals surface area contributed by atoms with Crippen molar-refractivity contribution in [1.29, 1.82) is 0 Å². The minimum atomic E-state index is -4.40. The lowest BCUT2D eigenvalue weighted by Crippen LogP contribution is -2.29. The molecule has 0 aliphatic carbocycles. The molecule has 118 valence electrons. The zero-order valence-electron chi connectivity index (χ0n) is 11.9. The number of alkyl halides is 3. The molecule has 2 rings (SSSR count). The van der Waals surface area contributed by atoms with Crippen molar-refractivity contribution in [3.05, 3.63) is 17.7 Å². The van der Waals surface area contributed by atoms with Gasteiger partial charge in [0.05, 0.1) is 11.4 Å². The van der Waals surface area contributed by atoms with Crippen molar-refractivity contribution >= 4 is 11.4 Å². The molecule has 0 spiro atoms. The van der Waals surface area contributed by atoms with Crippen LogP contribution in [0.3, 0.4) is 0 Å². The lowest BCUT2D eigenvalue weighted by Gasteiger charge is -2.30. The van der Waals surface area contributed by atoms with Crippen molar-refractivity contribution in [1.82, 2.24) is 4.90 Å². The molecule has 0 amide bonds. The van der Waals surface area contributed by atoms with Crippen LogP contribution in [0.4, 0.5) is 24.5 Å². The summed E-state index contributed by atoms with van der Waals surface area (Å²) in [5, 5.41) is 0. The fraction of sp³-hybridized carbons (Fsp3) is 0.571. The maximum atomic E-state index is 12.4. The van der Waals surface area contributed by atoms with Gasteiger partial charge in [-0.3, -0.25) is 0 Å². The maximum absolute atomic E-state index is 12.4. The number of halogens is 3. The lowest BCUT2D eigenvalue weighted by atomic mass is 9.88. The van der Waals surface area contributed by atoms with E-state index < -0.39 is 12.8 Å². The first-order valence-electron chi connectivity index (χ1n) is 6.84. The largest absolute Gasteiger partial charge is 0.482 e. The first-order chi connectivity index (χ1) is 9.78. The van der Waals surface area contributed by atoms with Gasteiger partial charge < -0.3 is 21.1 Å². The van der Waals surface area contributed by atoms with Crippen LogP contribution in [0.15, 0.2) is 12.1 Å². The molecule has 1 saturated heterocycles. The third kappa shape index (κ3) is 3.93. The van der Waals surface area contributed by atoms with Gasteiger partial charge in [-0.15, -0.1) is 0 Å². The van der Waals surface area contributed by atoms with Crippen LogP contribution in [0, 0.1) is 0 Å². The monoisotopic (exact) mass is 303 g/mol. The number of hydrogen-bond donors (Lipinski definition) is 2. The van der Waals surface area contributed by atoms with Crippen molar-refractivity contribution in [2.24, 2.45) is 0 Å². The van der Waals surface area contributed by atoms with Crippen molar-refractivity contribution in [2.45, 2.75) is 24.9 Å². The fourth-order valence-corrected chi connectivity index (χ4v) is 2.59. The zero-order valence-corrected chi connectivity index (χ0v) is 11.9. The molecule has 7 heteroatoms. The molecule has 1 fully saturated rings. The van der Waals surface area contributed by atoms with Crippen LogP contribution in [0.1, 0.15) is 24.3 Å². The second kappa shape index (κ2) is 6.01. The van der Waals surface area contributed by atoms with Crippen LogP contribution < -0.4 is 16.2 Å². The number of anilines is 2. The number of nitrogens with zero attached hydrogens (tertiary/aromatic N) is 1. The molecule has 0 saturated carbocycles. The maximum Gasteiger partial charge on any atom is 0.422 e. The van der Waals surface area contributed by atoms with Crippen LogP contribution in [-0.2, 0) is 0 Å². The molecule has 1 heterocycles. The first kappa shape index (κ1) is 15.8. The van der Waals surface area contributed by atoms with Crippen LogP contribution >= 0.6 is 0 Å². The highest BCUT2D eigenvalue weighted by Crippen LogP contribution is 2.40. The van der Waals surface area contributed by atoms with E-state index in [9.17, 15) is 13.2 Å². The Kier molecular flexibility index (Phi) is 4.51. The van der Waals surface area contributed by atoms with Crippen LogP contribution in [0.2, 0.25) is 0 Å². The Labute approximate surface area is 121 Å². The molecular formula is C14H20F3N3O. The highest BCUT2D eigenvalue weighted by Gasteiger charge is 2.30. The topological polar surface area (TPSA) is 64.5 Å². The van der Waals surface area contributed by atoms with Crippen molar-refractivity contribution in [3.63, 3.8) is 0 Å². The average molecular weight is 303 g/mol. The second-order valence-electron chi connectivity index (χ2n) is 5.47.